The van der Waals surface area contributed by atoms with E-state index in [0.29, 0.717) is 41.5 Å². The zero-order valence-corrected chi connectivity index (χ0v) is 14.2. The van der Waals surface area contributed by atoms with Crippen molar-refractivity contribution in [2.75, 3.05) is 12.3 Å². The molecule has 4 bridgehead atoms. The van der Waals surface area contributed by atoms with Gasteiger partial charge in [0.1, 0.15) is 17.3 Å². The maximum absolute atomic E-state index is 11.7. The summed E-state index contributed by atoms with van der Waals surface area (Å²) >= 11 is 0. The molecule has 0 saturated carbocycles. The third-order valence-corrected chi connectivity index (χ3v) is 4.01. The van der Waals surface area contributed by atoms with Gasteiger partial charge in [-0.1, -0.05) is 0 Å². The second-order valence-electron chi connectivity index (χ2n) is 6.00. The summed E-state index contributed by atoms with van der Waals surface area (Å²) in [5.74, 6) is 1.17. The monoisotopic (exact) mass is 343 g/mol. The Balaban J connectivity index is 1.99. The van der Waals surface area contributed by atoms with Crippen molar-refractivity contribution in [2.45, 2.75) is 26.1 Å². The Labute approximate surface area is 145 Å². The highest BCUT2D eigenvalue weighted by molar-refractivity contribution is 6.12. The van der Waals surface area contributed by atoms with Crippen molar-refractivity contribution < 1.29 is 14.3 Å². The molecule has 1 atom stereocenters. The van der Waals surface area contributed by atoms with Crippen molar-refractivity contribution in [1.82, 2.24) is 14.9 Å². The number of anilines is 1. The van der Waals surface area contributed by atoms with Crippen molar-refractivity contribution in [2.24, 2.45) is 7.05 Å². The fraction of sp³-hybridized carbons (Fsp3) is 0.353. The molecule has 132 valence electrons. The van der Waals surface area contributed by atoms with Crippen LogP contribution in [0.3, 0.4) is 0 Å². The zero-order chi connectivity index (χ0) is 18.0. The molecule has 0 aliphatic carbocycles. The number of nitrogens with zero attached hydrogens (tertiary/aromatic N) is 2. The van der Waals surface area contributed by atoms with E-state index in [1.807, 2.05) is 6.92 Å². The van der Waals surface area contributed by atoms with Gasteiger partial charge in [-0.3, -0.25) is 5.41 Å². The number of hydrogen-bond acceptors (Lipinski definition) is 6. The van der Waals surface area contributed by atoms with Crippen LogP contribution in [0.25, 0.3) is 0 Å². The van der Waals surface area contributed by atoms with Crippen molar-refractivity contribution in [1.29, 1.82) is 5.41 Å². The highest BCUT2D eigenvalue weighted by atomic mass is 16.5. The number of nitrogen functional groups attached to an aromatic ring is 1. The average molecular weight is 343 g/mol. The number of amides is 1. The lowest BCUT2D eigenvalue weighted by Gasteiger charge is -2.16. The van der Waals surface area contributed by atoms with Crippen molar-refractivity contribution in [3.05, 3.63) is 41.5 Å². The van der Waals surface area contributed by atoms with E-state index >= 15 is 0 Å². The molecule has 1 aromatic heterocycles. The molecule has 1 aliphatic rings. The summed E-state index contributed by atoms with van der Waals surface area (Å²) in [7, 11) is 1.79. The second-order valence-corrected chi connectivity index (χ2v) is 6.00. The van der Waals surface area contributed by atoms with Crippen LogP contribution in [-0.2, 0) is 18.4 Å². The Morgan fingerprint density at radius 3 is 3.04 bits per heavy atom. The molecule has 3 rings (SSSR count). The molecule has 4 N–H and O–H groups in total. The number of fused-ring (bicyclic) bond motifs is 4. The predicted octanol–water partition coefficient (Wildman–Crippen LogP) is 1.82. The molecular formula is C17H21N5O3. The second kappa shape index (κ2) is 6.84. The van der Waals surface area contributed by atoms with Crippen LogP contribution in [0, 0.1) is 5.41 Å². The Morgan fingerprint density at radius 2 is 2.24 bits per heavy atom. The van der Waals surface area contributed by atoms with Crippen LogP contribution in [-0.4, -0.2) is 34.0 Å². The van der Waals surface area contributed by atoms with Crippen molar-refractivity contribution in [3.8, 4) is 5.75 Å². The summed E-state index contributed by atoms with van der Waals surface area (Å²) in [5.41, 5.74) is 7.72. The summed E-state index contributed by atoms with van der Waals surface area (Å²) in [5, 5.41) is 11.1. The lowest BCUT2D eigenvalue weighted by atomic mass is 10.1. The van der Waals surface area contributed by atoms with Crippen molar-refractivity contribution >= 4 is 17.5 Å². The van der Waals surface area contributed by atoms with Crippen LogP contribution in [0.15, 0.2) is 24.4 Å². The van der Waals surface area contributed by atoms with Crippen LogP contribution in [0.5, 0.6) is 5.75 Å². The summed E-state index contributed by atoms with van der Waals surface area (Å²) < 4.78 is 12.8. The molecule has 0 radical (unpaired) electrons. The molecule has 0 fully saturated rings. The van der Waals surface area contributed by atoms with Gasteiger partial charge in [-0.05, 0) is 25.1 Å². The summed E-state index contributed by atoms with van der Waals surface area (Å²) in [4.78, 5) is 16.1. The standard InChI is InChI=1S/C17H21N5O3/c1-10-5-6-20-17(23)24-9-15-21-14(8-22(15)2)16(19)12-7-11(25-10)3-4-13(12)18/h3-4,7-8,10,19H,5-6,9,18H2,1-2H3,(H,20,23). The quantitative estimate of drug-likeness (QED) is 0.631. The normalized spacial score (nSPS) is 18.4. The summed E-state index contributed by atoms with van der Waals surface area (Å²) in [6, 6.07) is 5.24. The number of benzene rings is 1. The zero-order valence-electron chi connectivity index (χ0n) is 14.2. The van der Waals surface area contributed by atoms with Gasteiger partial charge in [0.15, 0.2) is 6.61 Å². The molecule has 0 spiro atoms. The van der Waals surface area contributed by atoms with Crippen molar-refractivity contribution in [3.63, 3.8) is 0 Å². The van der Waals surface area contributed by atoms with Gasteiger partial charge in [0.25, 0.3) is 0 Å². The first-order valence-electron chi connectivity index (χ1n) is 8.02. The summed E-state index contributed by atoms with van der Waals surface area (Å²) in [6.07, 6.45) is 1.71. The number of ether oxygens (including phenoxy) is 2. The number of cyclic esters (lactones) is 1. The Hall–Kier alpha value is -3.03. The van der Waals surface area contributed by atoms with Gasteiger partial charge < -0.3 is 25.1 Å². The molecule has 1 amide bonds. The number of alkyl carbamates (subject to hydrolysis) is 1. The SMILES string of the molecule is CC1CCNC(=O)OCc2nc(cn2C)C(=N)c2cc(ccc2N)O1. The number of nitrogens with two attached hydrogens (primary N) is 1. The van der Waals surface area contributed by atoms with Crippen LogP contribution in [0.4, 0.5) is 10.5 Å². The van der Waals surface area contributed by atoms with Gasteiger partial charge >= 0.3 is 6.09 Å². The number of carbonyl (C=O) groups excluding carboxylic acids is 1. The van der Waals surface area contributed by atoms with E-state index in [0.717, 1.165) is 0 Å². The lowest BCUT2D eigenvalue weighted by molar-refractivity contribution is 0.133. The Morgan fingerprint density at radius 1 is 1.44 bits per heavy atom. The summed E-state index contributed by atoms with van der Waals surface area (Å²) in [6.45, 7) is 2.37. The van der Waals surface area contributed by atoms with Crippen LogP contribution >= 0.6 is 0 Å². The first-order valence-corrected chi connectivity index (χ1v) is 8.02. The third-order valence-electron chi connectivity index (χ3n) is 4.01. The smallest absolute Gasteiger partial charge is 0.407 e. The maximum atomic E-state index is 11.7. The predicted molar refractivity (Wildman–Crippen MR) is 92.9 cm³/mol. The third kappa shape index (κ3) is 3.73. The topological polar surface area (TPSA) is 115 Å². The first kappa shape index (κ1) is 16.8. The number of aromatic nitrogens is 2. The minimum atomic E-state index is -0.508. The van der Waals surface area contributed by atoms with E-state index in [9.17, 15) is 4.79 Å². The average Bonchev–Trinajstić information content (AvgIpc) is 2.94. The Kier molecular flexibility index (Phi) is 4.60. The molecule has 1 unspecified atom stereocenters. The molecule has 0 saturated heterocycles. The van der Waals surface area contributed by atoms with E-state index < -0.39 is 6.09 Å². The van der Waals surface area contributed by atoms with Crippen LogP contribution in [0.2, 0.25) is 0 Å². The van der Waals surface area contributed by atoms with Gasteiger partial charge in [0.05, 0.1) is 11.8 Å². The lowest BCUT2D eigenvalue weighted by Crippen LogP contribution is -2.28. The molecule has 2 aromatic rings. The van der Waals surface area contributed by atoms with E-state index in [-0.39, 0.29) is 18.4 Å². The number of nitrogens with one attached hydrogen (secondary N) is 2. The molecule has 2 heterocycles. The molecule has 25 heavy (non-hydrogen) atoms. The highest BCUT2D eigenvalue weighted by Crippen LogP contribution is 2.24. The van der Waals surface area contributed by atoms with Gasteiger partial charge in [-0.2, -0.15) is 0 Å². The van der Waals surface area contributed by atoms with E-state index in [2.05, 4.69) is 10.3 Å². The fourth-order valence-electron chi connectivity index (χ4n) is 2.57. The van der Waals surface area contributed by atoms with E-state index in [4.69, 9.17) is 20.6 Å². The fourth-order valence-corrected chi connectivity index (χ4v) is 2.57. The number of aryl methyl sites for hydroxylation is 1. The number of hydrogen-bond donors (Lipinski definition) is 3. The van der Waals surface area contributed by atoms with E-state index in [1.54, 1.807) is 36.0 Å². The van der Waals surface area contributed by atoms with Crippen LogP contribution in [0.1, 0.15) is 30.4 Å². The molecule has 1 aliphatic heterocycles. The van der Waals surface area contributed by atoms with Crippen LogP contribution < -0.4 is 15.8 Å². The van der Waals surface area contributed by atoms with E-state index in [1.165, 1.54) is 0 Å². The molecule has 1 aromatic carbocycles. The number of imidazole rings is 1. The minimum Gasteiger partial charge on any atom is -0.491 e. The Bertz CT molecular complexity index is 815. The largest absolute Gasteiger partial charge is 0.491 e. The van der Waals surface area contributed by atoms with Gasteiger partial charge in [0.2, 0.25) is 0 Å². The molecular weight excluding hydrogens is 322 g/mol. The first-order chi connectivity index (χ1) is 11.9. The molecule has 8 heteroatoms. The minimum absolute atomic E-state index is 0.0250. The van der Waals surface area contributed by atoms with Gasteiger partial charge in [-0.25, -0.2) is 9.78 Å². The number of rotatable bonds is 0. The molecule has 8 nitrogen and oxygen atoms in total. The maximum Gasteiger partial charge on any atom is 0.407 e. The van der Waals surface area contributed by atoms with Gasteiger partial charge in [0, 0.05) is 37.5 Å². The number of carbonyl (C=O) groups is 1. The highest BCUT2D eigenvalue weighted by Gasteiger charge is 2.17. The van der Waals surface area contributed by atoms with Gasteiger partial charge in [-0.15, -0.1) is 0 Å².